The molecule has 0 spiro atoms. The number of halogens is 2. The Morgan fingerprint density at radius 1 is 1.38 bits per heavy atom. The van der Waals surface area contributed by atoms with Gasteiger partial charge in [0.15, 0.2) is 11.6 Å². The number of aromatic amines is 1. The van der Waals surface area contributed by atoms with E-state index < -0.39 is 5.82 Å². The van der Waals surface area contributed by atoms with E-state index in [1.165, 1.54) is 22.8 Å². The van der Waals surface area contributed by atoms with Crippen molar-refractivity contribution in [2.24, 2.45) is 7.05 Å². The van der Waals surface area contributed by atoms with Crippen molar-refractivity contribution >= 4 is 11.6 Å². The lowest BCUT2D eigenvalue weighted by Gasteiger charge is -2.13. The highest BCUT2D eigenvalue weighted by atomic mass is 35.5. The summed E-state index contributed by atoms with van der Waals surface area (Å²) in [5.74, 6) is 0.145. The zero-order chi connectivity index (χ0) is 18.8. The van der Waals surface area contributed by atoms with Crippen LogP contribution in [-0.2, 0) is 13.5 Å². The maximum Gasteiger partial charge on any atom is 0.343 e. The van der Waals surface area contributed by atoms with Gasteiger partial charge in [-0.2, -0.15) is 10.4 Å². The molecule has 26 heavy (non-hydrogen) atoms. The Morgan fingerprint density at radius 3 is 2.81 bits per heavy atom. The van der Waals surface area contributed by atoms with Crippen LogP contribution in [0.4, 0.5) is 4.39 Å². The van der Waals surface area contributed by atoms with Crippen LogP contribution in [0.5, 0.6) is 11.5 Å². The first-order valence-electron chi connectivity index (χ1n) is 7.66. The fourth-order valence-electron chi connectivity index (χ4n) is 2.47. The SMILES string of the molecule is Cc1ccc(Cc2n[nH]c(=O)n2C)c(F)c1Oc1cc(Cl)cc(C#N)c1. The van der Waals surface area contributed by atoms with Crippen LogP contribution in [0.1, 0.15) is 22.5 Å². The van der Waals surface area contributed by atoms with Gasteiger partial charge in [-0.25, -0.2) is 14.3 Å². The van der Waals surface area contributed by atoms with Crippen LogP contribution >= 0.6 is 11.6 Å². The van der Waals surface area contributed by atoms with Gasteiger partial charge in [-0.15, -0.1) is 0 Å². The minimum absolute atomic E-state index is 0.0363. The number of ether oxygens (including phenoxy) is 1. The van der Waals surface area contributed by atoms with Crippen LogP contribution in [0, 0.1) is 24.1 Å². The molecule has 0 atom stereocenters. The number of hydrogen-bond acceptors (Lipinski definition) is 4. The predicted octanol–water partition coefficient (Wildman–Crippen LogP) is 3.46. The summed E-state index contributed by atoms with van der Waals surface area (Å²) in [5, 5.41) is 15.5. The molecule has 0 amide bonds. The smallest absolute Gasteiger partial charge is 0.343 e. The van der Waals surface area contributed by atoms with E-state index in [2.05, 4.69) is 10.2 Å². The Labute approximate surface area is 153 Å². The van der Waals surface area contributed by atoms with E-state index in [-0.39, 0.29) is 23.6 Å². The third kappa shape index (κ3) is 3.46. The van der Waals surface area contributed by atoms with Gasteiger partial charge in [0.2, 0.25) is 0 Å². The van der Waals surface area contributed by atoms with E-state index in [0.717, 1.165) is 0 Å². The summed E-state index contributed by atoms with van der Waals surface area (Å²) in [5.41, 5.74) is 0.857. The Balaban J connectivity index is 1.98. The molecule has 6 nitrogen and oxygen atoms in total. The number of benzene rings is 2. The third-order valence-electron chi connectivity index (χ3n) is 3.92. The Morgan fingerprint density at radius 2 is 2.15 bits per heavy atom. The summed E-state index contributed by atoms with van der Waals surface area (Å²) >= 11 is 5.96. The summed E-state index contributed by atoms with van der Waals surface area (Å²) in [6, 6.07) is 9.79. The van der Waals surface area contributed by atoms with Gasteiger partial charge < -0.3 is 4.74 Å². The molecule has 3 rings (SSSR count). The standard InChI is InChI=1S/C18H14ClFN4O2/c1-10-3-4-12(7-15-22-23-18(25)24(15)2)16(20)17(10)26-14-6-11(9-21)5-13(19)8-14/h3-6,8H,7H2,1-2H3,(H,23,25). The summed E-state index contributed by atoms with van der Waals surface area (Å²) in [6.45, 7) is 1.71. The van der Waals surface area contributed by atoms with Crippen molar-refractivity contribution in [1.82, 2.24) is 14.8 Å². The van der Waals surface area contributed by atoms with E-state index in [9.17, 15) is 9.18 Å². The van der Waals surface area contributed by atoms with Crippen LogP contribution in [0.15, 0.2) is 35.1 Å². The molecule has 0 unspecified atom stereocenters. The summed E-state index contributed by atoms with van der Waals surface area (Å²) < 4.78 is 22.0. The van der Waals surface area contributed by atoms with Crippen LogP contribution in [-0.4, -0.2) is 14.8 Å². The topological polar surface area (TPSA) is 83.7 Å². The molecule has 132 valence electrons. The first kappa shape index (κ1) is 17.7. The maximum atomic E-state index is 15.0. The molecule has 0 fully saturated rings. The third-order valence-corrected chi connectivity index (χ3v) is 4.13. The van der Waals surface area contributed by atoms with Gasteiger partial charge in [0.25, 0.3) is 0 Å². The number of rotatable bonds is 4. The molecule has 0 aliphatic carbocycles. The van der Waals surface area contributed by atoms with E-state index in [1.54, 1.807) is 26.1 Å². The van der Waals surface area contributed by atoms with Crippen molar-refractivity contribution < 1.29 is 9.13 Å². The number of hydrogen-bond donors (Lipinski definition) is 1. The Hall–Kier alpha value is -3.11. The van der Waals surface area contributed by atoms with Gasteiger partial charge in [0.05, 0.1) is 11.6 Å². The van der Waals surface area contributed by atoms with Crippen molar-refractivity contribution in [3.8, 4) is 17.6 Å². The second kappa shape index (κ2) is 7.02. The number of nitriles is 1. The van der Waals surface area contributed by atoms with Gasteiger partial charge in [0, 0.05) is 18.5 Å². The van der Waals surface area contributed by atoms with Gasteiger partial charge in [-0.3, -0.25) is 4.57 Å². The van der Waals surface area contributed by atoms with Gasteiger partial charge in [0.1, 0.15) is 11.6 Å². The summed E-state index contributed by atoms with van der Waals surface area (Å²) in [6.07, 6.45) is 0.122. The predicted molar refractivity (Wildman–Crippen MR) is 94.0 cm³/mol. The van der Waals surface area contributed by atoms with Crippen LogP contribution in [0.25, 0.3) is 0 Å². The molecule has 0 aliphatic heterocycles. The Bertz CT molecular complexity index is 1080. The first-order valence-corrected chi connectivity index (χ1v) is 8.03. The highest BCUT2D eigenvalue weighted by molar-refractivity contribution is 6.30. The minimum atomic E-state index is -0.557. The number of aryl methyl sites for hydroxylation is 1. The lowest BCUT2D eigenvalue weighted by Crippen LogP contribution is -2.15. The second-order valence-electron chi connectivity index (χ2n) is 5.75. The van der Waals surface area contributed by atoms with Crippen molar-refractivity contribution in [2.75, 3.05) is 0 Å². The molecule has 8 heteroatoms. The molecule has 0 bridgehead atoms. The lowest BCUT2D eigenvalue weighted by atomic mass is 10.1. The molecule has 0 aliphatic rings. The van der Waals surface area contributed by atoms with Crippen LogP contribution < -0.4 is 10.4 Å². The average molecular weight is 373 g/mol. The zero-order valence-corrected chi connectivity index (χ0v) is 14.8. The van der Waals surface area contributed by atoms with Crippen molar-refractivity contribution in [1.29, 1.82) is 5.26 Å². The molecule has 0 radical (unpaired) electrons. The molecule has 1 aromatic heterocycles. The van der Waals surface area contributed by atoms with Gasteiger partial charge in [-0.1, -0.05) is 23.7 Å². The molecular weight excluding hydrogens is 359 g/mol. The number of aromatic nitrogens is 3. The van der Waals surface area contributed by atoms with E-state index >= 15 is 0 Å². The Kier molecular flexibility index (Phi) is 4.78. The van der Waals surface area contributed by atoms with Gasteiger partial charge in [-0.05, 0) is 36.2 Å². The molecule has 0 saturated heterocycles. The second-order valence-corrected chi connectivity index (χ2v) is 6.19. The van der Waals surface area contributed by atoms with E-state index in [4.69, 9.17) is 21.6 Å². The highest BCUT2D eigenvalue weighted by Gasteiger charge is 2.16. The average Bonchev–Trinajstić information content (AvgIpc) is 2.92. The maximum absolute atomic E-state index is 15.0. The normalized spacial score (nSPS) is 10.6. The monoisotopic (exact) mass is 372 g/mol. The summed E-state index contributed by atoms with van der Waals surface area (Å²) in [4.78, 5) is 11.5. The van der Waals surface area contributed by atoms with Crippen LogP contribution in [0.3, 0.4) is 0 Å². The molecule has 1 N–H and O–H groups in total. The summed E-state index contributed by atoms with van der Waals surface area (Å²) in [7, 11) is 1.56. The zero-order valence-electron chi connectivity index (χ0n) is 14.0. The van der Waals surface area contributed by atoms with Crippen LogP contribution in [0.2, 0.25) is 5.02 Å². The quantitative estimate of drug-likeness (QED) is 0.760. The first-order chi connectivity index (χ1) is 12.4. The van der Waals surface area contributed by atoms with Crippen molar-refractivity contribution in [3.05, 3.63) is 74.2 Å². The molecular formula is C18H14ClFN4O2. The largest absolute Gasteiger partial charge is 0.454 e. The van der Waals surface area contributed by atoms with Gasteiger partial charge >= 0.3 is 5.69 Å². The minimum Gasteiger partial charge on any atom is -0.454 e. The van der Waals surface area contributed by atoms with E-state index in [1.807, 2.05) is 6.07 Å². The van der Waals surface area contributed by atoms with Crippen molar-refractivity contribution in [2.45, 2.75) is 13.3 Å². The number of nitrogens with one attached hydrogen (secondary N) is 1. The number of nitrogens with zero attached hydrogens (tertiary/aromatic N) is 3. The number of H-pyrrole nitrogens is 1. The fourth-order valence-corrected chi connectivity index (χ4v) is 2.69. The molecule has 0 saturated carbocycles. The molecule has 3 aromatic rings. The molecule has 1 heterocycles. The van der Waals surface area contributed by atoms with Crippen molar-refractivity contribution in [3.63, 3.8) is 0 Å². The fraction of sp³-hybridized carbons (Fsp3) is 0.167. The highest BCUT2D eigenvalue weighted by Crippen LogP contribution is 2.32. The molecule has 2 aromatic carbocycles. The van der Waals surface area contributed by atoms with E-state index in [0.29, 0.717) is 27.5 Å². The lowest BCUT2D eigenvalue weighted by molar-refractivity contribution is 0.435.